The molecule has 8 heteroatoms. The van der Waals surface area contributed by atoms with Gasteiger partial charge in [0.2, 0.25) is 0 Å². The number of piperidine rings is 1. The summed E-state index contributed by atoms with van der Waals surface area (Å²) in [5.41, 5.74) is 7.94. The normalized spacial score (nSPS) is 18.1. The summed E-state index contributed by atoms with van der Waals surface area (Å²) in [6, 6.07) is 0.174. The van der Waals surface area contributed by atoms with Gasteiger partial charge in [-0.05, 0) is 19.8 Å². The molecule has 110 valence electrons. The highest BCUT2D eigenvalue weighted by molar-refractivity contribution is 7.11. The first-order chi connectivity index (χ1) is 9.60. The molecule has 2 heterocycles. The predicted molar refractivity (Wildman–Crippen MR) is 77.2 cm³/mol. The van der Waals surface area contributed by atoms with Gasteiger partial charge >= 0.3 is 0 Å². The van der Waals surface area contributed by atoms with Crippen LogP contribution >= 0.6 is 11.3 Å². The van der Waals surface area contributed by atoms with Gasteiger partial charge in [-0.2, -0.15) is 0 Å². The summed E-state index contributed by atoms with van der Waals surface area (Å²) in [5.74, 6) is 0.174. The second-order valence-corrected chi connectivity index (χ2v) is 5.74. The zero-order chi connectivity index (χ0) is 14.5. The Morgan fingerprint density at radius 2 is 2.35 bits per heavy atom. The van der Waals surface area contributed by atoms with Crippen molar-refractivity contribution in [2.75, 3.05) is 19.6 Å². The van der Waals surface area contributed by atoms with Crippen LogP contribution in [0.1, 0.15) is 28.2 Å². The summed E-state index contributed by atoms with van der Waals surface area (Å²) in [6.45, 7) is 3.95. The fraction of sp³-hybridized carbons (Fsp3) is 0.583. The molecule has 1 saturated heterocycles. The minimum absolute atomic E-state index is 0.0418. The van der Waals surface area contributed by atoms with Crippen LogP contribution in [0.2, 0.25) is 0 Å². The molecule has 0 atom stereocenters. The topological polar surface area (TPSA) is 104 Å². The summed E-state index contributed by atoms with van der Waals surface area (Å²) in [6.07, 6.45) is 1.73. The van der Waals surface area contributed by atoms with Gasteiger partial charge in [-0.15, -0.1) is 11.3 Å². The maximum atomic E-state index is 12.1. The van der Waals surface area contributed by atoms with Crippen molar-refractivity contribution in [2.45, 2.75) is 25.8 Å². The van der Waals surface area contributed by atoms with Crippen LogP contribution in [0.15, 0.2) is 10.7 Å². The van der Waals surface area contributed by atoms with E-state index in [1.165, 1.54) is 11.3 Å². The van der Waals surface area contributed by atoms with Crippen molar-refractivity contribution >= 4 is 23.1 Å². The average Bonchev–Trinajstić information content (AvgIpc) is 2.87. The number of likely N-dealkylation sites (tertiary alicyclic amines) is 1. The van der Waals surface area contributed by atoms with Crippen LogP contribution in [-0.4, -0.2) is 52.5 Å². The number of carbonyl (C=O) groups excluding carboxylic acids is 1. The molecule has 4 N–H and O–H groups in total. The Morgan fingerprint density at radius 3 is 2.90 bits per heavy atom. The monoisotopic (exact) mass is 297 g/mol. The largest absolute Gasteiger partial charge is 0.409 e. The lowest BCUT2D eigenvalue weighted by Gasteiger charge is -2.31. The summed E-state index contributed by atoms with van der Waals surface area (Å²) >= 11 is 1.36. The van der Waals surface area contributed by atoms with Gasteiger partial charge in [-0.25, -0.2) is 4.98 Å². The first kappa shape index (κ1) is 14.7. The number of nitrogens with two attached hydrogens (primary N) is 1. The van der Waals surface area contributed by atoms with Crippen molar-refractivity contribution in [1.82, 2.24) is 15.2 Å². The minimum Gasteiger partial charge on any atom is -0.409 e. The number of rotatable bonds is 4. The summed E-state index contributed by atoms with van der Waals surface area (Å²) in [5, 5.41) is 14.6. The fourth-order valence-electron chi connectivity index (χ4n) is 2.27. The number of amides is 1. The Kier molecular flexibility index (Phi) is 4.91. The third kappa shape index (κ3) is 3.67. The van der Waals surface area contributed by atoms with E-state index in [-0.39, 0.29) is 17.8 Å². The number of aromatic nitrogens is 1. The van der Waals surface area contributed by atoms with Crippen molar-refractivity contribution in [3.63, 3.8) is 0 Å². The third-order valence-corrected chi connectivity index (χ3v) is 4.32. The van der Waals surface area contributed by atoms with E-state index in [1.54, 1.807) is 5.51 Å². The van der Waals surface area contributed by atoms with Gasteiger partial charge in [-0.3, -0.25) is 9.69 Å². The van der Waals surface area contributed by atoms with E-state index >= 15 is 0 Å². The van der Waals surface area contributed by atoms with Crippen molar-refractivity contribution < 1.29 is 10.0 Å². The zero-order valence-corrected chi connectivity index (χ0v) is 12.2. The summed E-state index contributed by atoms with van der Waals surface area (Å²) in [7, 11) is 0. The van der Waals surface area contributed by atoms with E-state index in [4.69, 9.17) is 10.9 Å². The van der Waals surface area contributed by atoms with Crippen molar-refractivity contribution in [3.8, 4) is 0 Å². The van der Waals surface area contributed by atoms with E-state index in [2.05, 4.69) is 20.4 Å². The Morgan fingerprint density at radius 1 is 1.65 bits per heavy atom. The number of hydrogen-bond acceptors (Lipinski definition) is 6. The fourth-order valence-corrected chi connectivity index (χ4v) is 2.97. The summed E-state index contributed by atoms with van der Waals surface area (Å²) in [4.78, 5) is 18.9. The SMILES string of the molecule is Cc1ncsc1C(=O)NC1CCN(CC(N)=NO)CC1. The standard InChI is InChI=1S/C12H19N5O2S/c1-8-11(20-7-14-8)12(18)15-9-2-4-17(5-3-9)6-10(13)16-19/h7,9,19H,2-6H2,1H3,(H2,13,16)(H,15,18). The van der Waals surface area contributed by atoms with Gasteiger partial charge in [0.1, 0.15) is 4.88 Å². The van der Waals surface area contributed by atoms with Crippen LogP contribution in [0.25, 0.3) is 0 Å². The molecule has 1 aromatic heterocycles. The van der Waals surface area contributed by atoms with Gasteiger partial charge in [0.15, 0.2) is 5.84 Å². The molecule has 2 rings (SSSR count). The number of amidine groups is 1. The number of nitrogens with zero attached hydrogens (tertiary/aromatic N) is 3. The number of thiazole rings is 1. The molecule has 1 aliphatic rings. The second kappa shape index (κ2) is 6.67. The van der Waals surface area contributed by atoms with E-state index in [0.29, 0.717) is 11.4 Å². The third-order valence-electron chi connectivity index (χ3n) is 3.39. The molecule has 0 aliphatic carbocycles. The van der Waals surface area contributed by atoms with Crippen LogP contribution in [0, 0.1) is 6.92 Å². The van der Waals surface area contributed by atoms with Crippen molar-refractivity contribution in [1.29, 1.82) is 0 Å². The molecule has 7 nitrogen and oxygen atoms in total. The Hall–Kier alpha value is -1.67. The predicted octanol–water partition coefficient (Wildman–Crippen LogP) is 0.392. The van der Waals surface area contributed by atoms with Crippen LogP contribution in [0.4, 0.5) is 0 Å². The number of nitrogens with one attached hydrogen (secondary N) is 1. The molecule has 0 spiro atoms. The van der Waals surface area contributed by atoms with Gasteiger partial charge in [0, 0.05) is 19.1 Å². The molecular formula is C12H19N5O2S. The smallest absolute Gasteiger partial charge is 0.263 e. The first-order valence-electron chi connectivity index (χ1n) is 6.50. The quantitative estimate of drug-likeness (QED) is 0.323. The van der Waals surface area contributed by atoms with E-state index < -0.39 is 0 Å². The molecule has 0 unspecified atom stereocenters. The molecule has 1 aromatic rings. The highest BCUT2D eigenvalue weighted by Gasteiger charge is 2.22. The highest BCUT2D eigenvalue weighted by atomic mass is 32.1. The Bertz CT molecular complexity index is 494. The molecule has 1 aliphatic heterocycles. The molecule has 0 bridgehead atoms. The molecule has 0 saturated carbocycles. The van der Waals surface area contributed by atoms with Crippen molar-refractivity contribution in [2.24, 2.45) is 10.9 Å². The zero-order valence-electron chi connectivity index (χ0n) is 11.4. The molecule has 1 fully saturated rings. The van der Waals surface area contributed by atoms with E-state index in [1.807, 2.05) is 6.92 Å². The number of oxime groups is 1. The lowest BCUT2D eigenvalue weighted by Crippen LogP contribution is -2.46. The average molecular weight is 297 g/mol. The Labute approximate surface area is 121 Å². The number of hydrogen-bond donors (Lipinski definition) is 3. The van der Waals surface area contributed by atoms with Gasteiger partial charge < -0.3 is 16.3 Å². The van der Waals surface area contributed by atoms with Gasteiger partial charge in [0.25, 0.3) is 5.91 Å². The van der Waals surface area contributed by atoms with Gasteiger partial charge in [-0.1, -0.05) is 5.16 Å². The van der Waals surface area contributed by atoms with Gasteiger partial charge in [0.05, 0.1) is 17.7 Å². The minimum atomic E-state index is -0.0418. The first-order valence-corrected chi connectivity index (χ1v) is 7.38. The molecule has 1 amide bonds. The molecule has 0 aromatic carbocycles. The molecular weight excluding hydrogens is 278 g/mol. The maximum Gasteiger partial charge on any atom is 0.263 e. The maximum absolute atomic E-state index is 12.1. The van der Waals surface area contributed by atoms with Crippen LogP contribution in [-0.2, 0) is 0 Å². The highest BCUT2D eigenvalue weighted by Crippen LogP contribution is 2.15. The van der Waals surface area contributed by atoms with Crippen LogP contribution in [0.3, 0.4) is 0 Å². The lowest BCUT2D eigenvalue weighted by molar-refractivity contribution is 0.0918. The van der Waals surface area contributed by atoms with E-state index in [9.17, 15) is 4.79 Å². The van der Waals surface area contributed by atoms with Crippen LogP contribution < -0.4 is 11.1 Å². The molecule has 20 heavy (non-hydrogen) atoms. The number of carbonyl (C=O) groups is 1. The van der Waals surface area contributed by atoms with Crippen LogP contribution in [0.5, 0.6) is 0 Å². The lowest BCUT2D eigenvalue weighted by atomic mass is 10.0. The van der Waals surface area contributed by atoms with Crippen molar-refractivity contribution in [3.05, 3.63) is 16.1 Å². The Balaban J connectivity index is 1.80. The van der Waals surface area contributed by atoms with E-state index in [0.717, 1.165) is 31.6 Å². The second-order valence-electron chi connectivity index (χ2n) is 4.88. The number of aryl methyl sites for hydroxylation is 1. The summed E-state index contributed by atoms with van der Waals surface area (Å²) < 4.78 is 0. The molecule has 0 radical (unpaired) electrons.